The number of hydrogen-bond acceptors (Lipinski definition) is 4. The third-order valence-corrected chi connectivity index (χ3v) is 8.89. The summed E-state index contributed by atoms with van der Waals surface area (Å²) >= 11 is 0. The molecule has 0 aromatic carbocycles. The molecule has 0 rings (SSSR count). The zero-order valence-electron chi connectivity index (χ0n) is 13.8. The highest BCUT2D eigenvalue weighted by atomic mass is 28.4. The molecule has 0 amide bonds. The maximum Gasteiger partial charge on any atom is 0.310 e. The van der Waals surface area contributed by atoms with Crippen molar-refractivity contribution in [2.24, 2.45) is 17.6 Å². The SMILES string of the molecule is C[C@@H](O)[C@@H](C(=O)O)[C@H](N)[C@@H](C)CO[Si](C)(C)C(C)(C)C. The Morgan fingerprint density at radius 3 is 2.05 bits per heavy atom. The lowest BCUT2D eigenvalue weighted by atomic mass is 9.87. The van der Waals surface area contributed by atoms with Crippen molar-refractivity contribution in [1.29, 1.82) is 0 Å². The molecule has 0 saturated carbocycles. The second-order valence-electron chi connectivity index (χ2n) is 7.23. The summed E-state index contributed by atoms with van der Waals surface area (Å²) in [6.07, 6.45) is -0.974. The van der Waals surface area contributed by atoms with Gasteiger partial charge in [-0.3, -0.25) is 4.79 Å². The number of nitrogens with two attached hydrogens (primary N) is 1. The van der Waals surface area contributed by atoms with Crippen molar-refractivity contribution in [3.63, 3.8) is 0 Å². The van der Waals surface area contributed by atoms with Crippen LogP contribution < -0.4 is 5.73 Å². The molecular weight excluding hydrogens is 274 g/mol. The van der Waals surface area contributed by atoms with Gasteiger partial charge < -0.3 is 20.4 Å². The summed E-state index contributed by atoms with van der Waals surface area (Å²) in [7, 11) is -1.87. The van der Waals surface area contributed by atoms with Gasteiger partial charge in [0.05, 0.1) is 12.0 Å². The number of aliphatic carboxylic acids is 1. The first-order valence-corrected chi connectivity index (χ1v) is 10.0. The number of carbonyl (C=O) groups is 1. The number of aliphatic hydroxyl groups is 1. The van der Waals surface area contributed by atoms with Crippen LogP contribution in [0.4, 0.5) is 0 Å². The minimum atomic E-state index is -1.87. The smallest absolute Gasteiger partial charge is 0.310 e. The minimum absolute atomic E-state index is 0.104. The molecule has 0 saturated heterocycles. The Labute approximate surface area is 123 Å². The Bertz CT molecular complexity index is 326. The summed E-state index contributed by atoms with van der Waals surface area (Å²) in [6, 6.07) is -0.628. The molecule has 0 spiro atoms. The monoisotopic (exact) mass is 305 g/mol. The third-order valence-electron chi connectivity index (χ3n) is 4.39. The summed E-state index contributed by atoms with van der Waals surface area (Å²) in [4.78, 5) is 11.2. The van der Waals surface area contributed by atoms with Crippen molar-refractivity contribution in [3.8, 4) is 0 Å². The van der Waals surface area contributed by atoms with Gasteiger partial charge in [-0.25, -0.2) is 0 Å². The number of rotatable bonds is 7. The Hall–Kier alpha value is -0.433. The number of carboxylic acids is 1. The average Bonchev–Trinajstić information content (AvgIpc) is 2.23. The van der Waals surface area contributed by atoms with E-state index in [1.165, 1.54) is 6.92 Å². The first-order chi connectivity index (χ1) is 8.81. The van der Waals surface area contributed by atoms with E-state index in [0.717, 1.165) is 0 Å². The summed E-state index contributed by atoms with van der Waals surface area (Å²) in [5, 5.41) is 18.8. The van der Waals surface area contributed by atoms with E-state index < -0.39 is 32.4 Å². The molecule has 0 fully saturated rings. The number of aliphatic hydroxyl groups excluding tert-OH is 1. The molecule has 0 aromatic heterocycles. The molecule has 4 N–H and O–H groups in total. The third kappa shape index (κ3) is 5.16. The fourth-order valence-corrected chi connectivity index (χ4v) is 2.83. The Balaban J connectivity index is 4.69. The molecule has 120 valence electrons. The normalized spacial score (nSPS) is 19.2. The van der Waals surface area contributed by atoms with Crippen LogP contribution in [0, 0.1) is 11.8 Å². The van der Waals surface area contributed by atoms with Gasteiger partial charge >= 0.3 is 5.97 Å². The lowest BCUT2D eigenvalue weighted by molar-refractivity contribution is -0.147. The molecule has 5 nitrogen and oxygen atoms in total. The second kappa shape index (κ2) is 7.02. The first kappa shape index (κ1) is 19.6. The molecule has 20 heavy (non-hydrogen) atoms. The van der Waals surface area contributed by atoms with E-state index in [4.69, 9.17) is 15.3 Å². The number of hydrogen-bond donors (Lipinski definition) is 3. The van der Waals surface area contributed by atoms with Gasteiger partial charge in [0.15, 0.2) is 8.32 Å². The van der Waals surface area contributed by atoms with E-state index in [1.54, 1.807) is 0 Å². The summed E-state index contributed by atoms with van der Waals surface area (Å²) in [5.41, 5.74) is 6.00. The predicted molar refractivity (Wildman–Crippen MR) is 83.1 cm³/mol. The lowest BCUT2D eigenvalue weighted by Crippen LogP contribution is -2.49. The van der Waals surface area contributed by atoms with Crippen LogP contribution in [0.5, 0.6) is 0 Å². The molecule has 4 atom stereocenters. The molecule has 0 bridgehead atoms. The molecular formula is C14H31NO4Si. The highest BCUT2D eigenvalue weighted by molar-refractivity contribution is 6.74. The van der Waals surface area contributed by atoms with Crippen molar-refractivity contribution in [2.45, 2.75) is 64.9 Å². The zero-order chi connectivity index (χ0) is 16.3. The van der Waals surface area contributed by atoms with Crippen LogP contribution in [0.2, 0.25) is 18.1 Å². The molecule has 0 unspecified atom stereocenters. The van der Waals surface area contributed by atoms with Crippen molar-refractivity contribution >= 4 is 14.3 Å². The maximum atomic E-state index is 11.2. The second-order valence-corrected chi connectivity index (χ2v) is 12.0. The maximum absolute atomic E-state index is 11.2. The standard InChI is InChI=1S/C14H31NO4Si/c1-9(8-19-20(6,7)14(3,4)5)12(15)11(10(2)16)13(17)18/h9-12,16H,8,15H2,1-7H3,(H,17,18)/t9-,10+,11+,12+/m0/s1. The van der Waals surface area contributed by atoms with Crippen molar-refractivity contribution < 1.29 is 19.4 Å². The average molecular weight is 305 g/mol. The van der Waals surface area contributed by atoms with Crippen LogP contribution in [0.3, 0.4) is 0 Å². The zero-order valence-corrected chi connectivity index (χ0v) is 14.8. The van der Waals surface area contributed by atoms with Crippen LogP contribution >= 0.6 is 0 Å². The van der Waals surface area contributed by atoms with E-state index in [-0.39, 0.29) is 11.0 Å². The molecule has 0 aliphatic carbocycles. The van der Waals surface area contributed by atoms with Crippen molar-refractivity contribution in [1.82, 2.24) is 0 Å². The fourth-order valence-electron chi connectivity index (χ4n) is 1.71. The van der Waals surface area contributed by atoms with Gasteiger partial charge in [-0.05, 0) is 31.0 Å². The van der Waals surface area contributed by atoms with Crippen LogP contribution in [0.15, 0.2) is 0 Å². The van der Waals surface area contributed by atoms with Gasteiger partial charge in [0.2, 0.25) is 0 Å². The quantitative estimate of drug-likeness (QED) is 0.626. The molecule has 0 aliphatic rings. The Morgan fingerprint density at radius 2 is 1.75 bits per heavy atom. The molecule has 6 heteroatoms. The van der Waals surface area contributed by atoms with Gasteiger partial charge in [-0.2, -0.15) is 0 Å². The van der Waals surface area contributed by atoms with Crippen molar-refractivity contribution in [3.05, 3.63) is 0 Å². The molecule has 0 heterocycles. The fraction of sp³-hybridized carbons (Fsp3) is 0.929. The van der Waals surface area contributed by atoms with Gasteiger partial charge in [0, 0.05) is 12.6 Å². The van der Waals surface area contributed by atoms with Gasteiger partial charge in [0.25, 0.3) is 0 Å². The van der Waals surface area contributed by atoms with E-state index in [1.807, 2.05) is 6.92 Å². The van der Waals surface area contributed by atoms with E-state index in [9.17, 15) is 9.90 Å². The number of carboxylic acid groups (broad SMARTS) is 1. The predicted octanol–water partition coefficient (Wildman–Crippen LogP) is 2.05. The topological polar surface area (TPSA) is 92.8 Å². The molecule has 0 aliphatic heterocycles. The lowest BCUT2D eigenvalue weighted by Gasteiger charge is -2.38. The molecule has 0 radical (unpaired) electrons. The van der Waals surface area contributed by atoms with Gasteiger partial charge in [-0.1, -0.05) is 27.7 Å². The Morgan fingerprint density at radius 1 is 1.30 bits per heavy atom. The van der Waals surface area contributed by atoms with Crippen molar-refractivity contribution in [2.75, 3.05) is 6.61 Å². The minimum Gasteiger partial charge on any atom is -0.481 e. The van der Waals surface area contributed by atoms with Gasteiger partial charge in [-0.15, -0.1) is 0 Å². The van der Waals surface area contributed by atoms with E-state index >= 15 is 0 Å². The summed E-state index contributed by atoms with van der Waals surface area (Å²) < 4.78 is 6.07. The van der Waals surface area contributed by atoms with Crippen LogP contribution in [0.25, 0.3) is 0 Å². The summed E-state index contributed by atoms with van der Waals surface area (Å²) in [6.45, 7) is 14.5. The Kier molecular flexibility index (Phi) is 6.87. The largest absolute Gasteiger partial charge is 0.481 e. The highest BCUT2D eigenvalue weighted by Crippen LogP contribution is 2.37. The first-order valence-electron chi connectivity index (χ1n) is 7.11. The highest BCUT2D eigenvalue weighted by Gasteiger charge is 2.39. The van der Waals surface area contributed by atoms with Gasteiger partial charge in [0.1, 0.15) is 0 Å². The van der Waals surface area contributed by atoms with Crippen LogP contribution in [-0.2, 0) is 9.22 Å². The summed E-state index contributed by atoms with van der Waals surface area (Å²) in [5.74, 6) is -2.15. The van der Waals surface area contributed by atoms with E-state index in [0.29, 0.717) is 6.61 Å². The van der Waals surface area contributed by atoms with Crippen LogP contribution in [0.1, 0.15) is 34.6 Å². The van der Waals surface area contributed by atoms with Crippen LogP contribution in [-0.4, -0.2) is 43.3 Å². The van der Waals surface area contributed by atoms with E-state index in [2.05, 4.69) is 33.9 Å². The molecule has 0 aromatic rings.